The summed E-state index contributed by atoms with van der Waals surface area (Å²) in [6.07, 6.45) is 2.96. The van der Waals surface area contributed by atoms with Gasteiger partial charge in [-0.3, -0.25) is 0 Å². The van der Waals surface area contributed by atoms with Crippen molar-refractivity contribution in [3.05, 3.63) is 83.1 Å². The molecule has 1 aliphatic heterocycles. The third-order valence-electron chi connectivity index (χ3n) is 5.14. The smallest absolute Gasteiger partial charge is 0.165 e. The second-order valence-electron chi connectivity index (χ2n) is 7.34. The summed E-state index contributed by atoms with van der Waals surface area (Å²) in [6, 6.07) is 11.0. The van der Waals surface area contributed by atoms with Gasteiger partial charge in [0.15, 0.2) is 6.23 Å². The number of hydrogen-bond donors (Lipinski definition) is 2. The topological polar surface area (TPSA) is 54.0 Å². The van der Waals surface area contributed by atoms with E-state index in [4.69, 9.17) is 9.57 Å². The van der Waals surface area contributed by atoms with Crippen LogP contribution < -0.4 is 5.32 Å². The van der Waals surface area contributed by atoms with Crippen LogP contribution >= 0.6 is 0 Å². The number of nitrogens with zero attached hydrogens (tertiary/aromatic N) is 1. The average Bonchev–Trinajstić information content (AvgIpc) is 3.20. The van der Waals surface area contributed by atoms with Crippen LogP contribution in [0.2, 0.25) is 0 Å². The molecule has 0 saturated heterocycles. The fourth-order valence-electron chi connectivity index (χ4n) is 3.59. The molecule has 3 rings (SSSR count). The van der Waals surface area contributed by atoms with Crippen molar-refractivity contribution in [2.75, 3.05) is 13.7 Å². The Hall–Kier alpha value is -2.32. The van der Waals surface area contributed by atoms with Crippen molar-refractivity contribution in [1.29, 1.82) is 0 Å². The second kappa shape index (κ2) is 10.6. The maximum absolute atomic E-state index is 13.7. The molecule has 3 atom stereocenters. The molecule has 0 aromatic heterocycles. The first-order chi connectivity index (χ1) is 14.5. The standard InChI is InChI=1S/C23H28F2N2O3/c1-3-16-5-4-6-17(9-16)14-26-15-22(28)21(27-23(29-2)7-8-30-27)12-18-10-19(24)13-20(25)11-18/h4-11,13,21-23,26,28H,3,12,14-15H2,1-2H3/t21-,22+,23?/m0/s1. The van der Waals surface area contributed by atoms with E-state index >= 15 is 0 Å². The zero-order valence-electron chi connectivity index (χ0n) is 17.2. The lowest BCUT2D eigenvalue weighted by Gasteiger charge is -2.33. The first kappa shape index (κ1) is 22.4. The van der Waals surface area contributed by atoms with E-state index in [0.717, 1.165) is 18.1 Å². The number of rotatable bonds is 10. The molecular formula is C23H28F2N2O3. The fourth-order valence-corrected chi connectivity index (χ4v) is 3.59. The third kappa shape index (κ3) is 5.86. The van der Waals surface area contributed by atoms with E-state index in [0.29, 0.717) is 12.1 Å². The molecule has 0 amide bonds. The maximum Gasteiger partial charge on any atom is 0.165 e. The van der Waals surface area contributed by atoms with Crippen LogP contribution in [-0.2, 0) is 29.0 Å². The van der Waals surface area contributed by atoms with Crippen molar-refractivity contribution in [3.63, 3.8) is 0 Å². The summed E-state index contributed by atoms with van der Waals surface area (Å²) in [4.78, 5) is 5.52. The Labute approximate surface area is 175 Å². The molecule has 5 nitrogen and oxygen atoms in total. The fraction of sp³-hybridized carbons (Fsp3) is 0.391. The Kier molecular flexibility index (Phi) is 7.93. The minimum Gasteiger partial charge on any atom is -0.411 e. The van der Waals surface area contributed by atoms with Gasteiger partial charge in [0.05, 0.1) is 12.1 Å². The van der Waals surface area contributed by atoms with E-state index in [2.05, 4.69) is 24.4 Å². The minimum atomic E-state index is -0.872. The molecule has 1 aliphatic rings. The first-order valence-corrected chi connectivity index (χ1v) is 10.1. The second-order valence-corrected chi connectivity index (χ2v) is 7.34. The van der Waals surface area contributed by atoms with E-state index < -0.39 is 30.0 Å². The van der Waals surface area contributed by atoms with Gasteiger partial charge < -0.3 is 20.0 Å². The molecule has 0 spiro atoms. The summed E-state index contributed by atoms with van der Waals surface area (Å²) < 4.78 is 32.7. The van der Waals surface area contributed by atoms with Crippen molar-refractivity contribution in [2.45, 2.75) is 44.7 Å². The van der Waals surface area contributed by atoms with E-state index in [-0.39, 0.29) is 13.0 Å². The van der Waals surface area contributed by atoms with Crippen molar-refractivity contribution in [1.82, 2.24) is 10.4 Å². The van der Waals surface area contributed by atoms with Crippen LogP contribution in [0.25, 0.3) is 0 Å². The number of hydrogen-bond acceptors (Lipinski definition) is 5. The highest BCUT2D eigenvalue weighted by molar-refractivity contribution is 5.23. The van der Waals surface area contributed by atoms with Crippen LogP contribution in [0, 0.1) is 11.6 Å². The molecule has 1 unspecified atom stereocenters. The van der Waals surface area contributed by atoms with Crippen molar-refractivity contribution in [3.8, 4) is 0 Å². The molecule has 2 aromatic carbocycles. The Morgan fingerprint density at radius 3 is 2.57 bits per heavy atom. The Morgan fingerprint density at radius 2 is 1.87 bits per heavy atom. The summed E-state index contributed by atoms with van der Waals surface area (Å²) >= 11 is 0. The predicted octanol–water partition coefficient (Wildman–Crippen LogP) is 3.32. The molecule has 2 N–H and O–H groups in total. The molecule has 7 heteroatoms. The van der Waals surface area contributed by atoms with Gasteiger partial charge in [0.2, 0.25) is 0 Å². The lowest BCUT2D eigenvalue weighted by atomic mass is 10.00. The van der Waals surface area contributed by atoms with Gasteiger partial charge in [-0.2, -0.15) is 0 Å². The molecule has 2 aromatic rings. The van der Waals surface area contributed by atoms with Crippen LogP contribution in [0.1, 0.15) is 23.6 Å². The van der Waals surface area contributed by atoms with Crippen LogP contribution in [0.4, 0.5) is 8.78 Å². The average molecular weight is 418 g/mol. The van der Waals surface area contributed by atoms with E-state index in [9.17, 15) is 13.9 Å². The lowest BCUT2D eigenvalue weighted by Crippen LogP contribution is -2.50. The van der Waals surface area contributed by atoms with Crippen LogP contribution in [0.5, 0.6) is 0 Å². The number of ether oxygens (including phenoxy) is 1. The van der Waals surface area contributed by atoms with Crippen LogP contribution in [-0.4, -0.2) is 42.2 Å². The first-order valence-electron chi connectivity index (χ1n) is 10.1. The molecule has 0 bridgehead atoms. The van der Waals surface area contributed by atoms with Gasteiger partial charge in [0.1, 0.15) is 17.9 Å². The molecule has 162 valence electrons. The van der Waals surface area contributed by atoms with Gasteiger partial charge in [-0.1, -0.05) is 31.2 Å². The Balaban J connectivity index is 1.68. The molecule has 0 saturated carbocycles. The van der Waals surface area contributed by atoms with Crippen molar-refractivity contribution < 1.29 is 23.5 Å². The number of benzene rings is 2. The Bertz CT molecular complexity index is 842. The van der Waals surface area contributed by atoms with Gasteiger partial charge in [0, 0.05) is 26.3 Å². The van der Waals surface area contributed by atoms with Gasteiger partial charge >= 0.3 is 0 Å². The van der Waals surface area contributed by atoms with Gasteiger partial charge in [-0.25, -0.2) is 8.78 Å². The molecule has 0 radical (unpaired) electrons. The number of aliphatic hydroxyl groups is 1. The van der Waals surface area contributed by atoms with Crippen LogP contribution in [0.15, 0.2) is 54.8 Å². The van der Waals surface area contributed by atoms with E-state index in [1.807, 2.05) is 12.1 Å². The van der Waals surface area contributed by atoms with E-state index in [1.165, 1.54) is 36.1 Å². The number of hydroxylamine groups is 2. The summed E-state index contributed by atoms with van der Waals surface area (Å²) in [7, 11) is 1.53. The zero-order valence-corrected chi connectivity index (χ0v) is 17.2. The van der Waals surface area contributed by atoms with Gasteiger partial charge in [-0.15, -0.1) is 5.06 Å². The highest BCUT2D eigenvalue weighted by atomic mass is 19.1. The minimum absolute atomic E-state index is 0.185. The van der Waals surface area contributed by atoms with Gasteiger partial charge in [-0.05, 0) is 47.7 Å². The number of aryl methyl sites for hydroxylation is 1. The molecule has 30 heavy (non-hydrogen) atoms. The molecular weight excluding hydrogens is 390 g/mol. The van der Waals surface area contributed by atoms with Crippen LogP contribution in [0.3, 0.4) is 0 Å². The van der Waals surface area contributed by atoms with Crippen molar-refractivity contribution in [2.24, 2.45) is 0 Å². The summed E-state index contributed by atoms with van der Waals surface area (Å²) in [5.41, 5.74) is 2.80. The molecule has 0 fully saturated rings. The molecule has 1 heterocycles. The Morgan fingerprint density at radius 1 is 1.13 bits per heavy atom. The van der Waals surface area contributed by atoms with Gasteiger partial charge in [0.25, 0.3) is 0 Å². The molecule has 0 aliphatic carbocycles. The number of methoxy groups -OCH3 is 1. The van der Waals surface area contributed by atoms with Crippen molar-refractivity contribution >= 4 is 0 Å². The van der Waals surface area contributed by atoms with E-state index in [1.54, 1.807) is 6.08 Å². The lowest BCUT2D eigenvalue weighted by molar-refractivity contribution is -0.216. The normalized spacial score (nSPS) is 18.4. The zero-order chi connectivity index (χ0) is 21.5. The summed E-state index contributed by atoms with van der Waals surface area (Å²) in [5, 5.41) is 15.7. The number of aliphatic hydroxyl groups excluding tert-OH is 1. The summed E-state index contributed by atoms with van der Waals surface area (Å²) in [6.45, 7) is 2.97. The highest BCUT2D eigenvalue weighted by Crippen LogP contribution is 2.22. The maximum atomic E-state index is 13.7. The number of halogens is 2. The largest absolute Gasteiger partial charge is 0.411 e. The quantitative estimate of drug-likeness (QED) is 0.620. The predicted molar refractivity (Wildman–Crippen MR) is 110 cm³/mol. The monoisotopic (exact) mass is 418 g/mol. The third-order valence-corrected chi connectivity index (χ3v) is 5.14. The highest BCUT2D eigenvalue weighted by Gasteiger charge is 2.35. The SMILES string of the molecule is CCc1cccc(CNC[C@@H](O)[C@H](Cc2cc(F)cc(F)c2)N2OC=CC2OC)c1. The summed E-state index contributed by atoms with van der Waals surface area (Å²) in [5.74, 6) is -1.31. The number of nitrogens with one attached hydrogen (secondary N) is 1.